The number of hydrogen-bond donors (Lipinski definition) is 1. The van der Waals surface area contributed by atoms with Gasteiger partial charge >= 0.3 is 0 Å². The van der Waals surface area contributed by atoms with Gasteiger partial charge in [-0.2, -0.15) is 0 Å². The molecule has 114 valence electrons. The van der Waals surface area contributed by atoms with E-state index in [1.54, 1.807) is 0 Å². The van der Waals surface area contributed by atoms with Crippen LogP contribution in [0.25, 0.3) is 0 Å². The predicted molar refractivity (Wildman–Crippen MR) is 80.1 cm³/mol. The van der Waals surface area contributed by atoms with Gasteiger partial charge in [0.05, 0.1) is 12.3 Å². The second-order valence-corrected chi connectivity index (χ2v) is 5.42. The first-order chi connectivity index (χ1) is 9.79. The van der Waals surface area contributed by atoms with Crippen molar-refractivity contribution >= 4 is 5.95 Å². The number of ether oxygens (including phenoxy) is 2. The van der Waals surface area contributed by atoms with Crippen LogP contribution >= 0.6 is 0 Å². The van der Waals surface area contributed by atoms with Crippen molar-refractivity contribution in [3.8, 4) is 0 Å². The molecule has 1 atom stereocenters. The topological polar surface area (TPSA) is 48.3 Å². The second kappa shape index (κ2) is 8.27. The molecule has 0 saturated carbocycles. The molecule has 20 heavy (non-hydrogen) atoms. The SMILES string of the molecule is CCOCCCNc1nc(C)cn1CC1CCCOC1. The van der Waals surface area contributed by atoms with Crippen LogP contribution in [0.4, 0.5) is 5.95 Å². The minimum absolute atomic E-state index is 0.612. The molecule has 0 aromatic carbocycles. The molecule has 1 aromatic heterocycles. The molecule has 1 aliphatic rings. The number of aromatic nitrogens is 2. The lowest BCUT2D eigenvalue weighted by Gasteiger charge is -2.23. The van der Waals surface area contributed by atoms with Gasteiger partial charge in [-0.25, -0.2) is 4.98 Å². The van der Waals surface area contributed by atoms with Gasteiger partial charge in [-0.1, -0.05) is 0 Å². The summed E-state index contributed by atoms with van der Waals surface area (Å²) in [6.45, 7) is 9.35. The van der Waals surface area contributed by atoms with Crippen LogP contribution in [0.15, 0.2) is 6.20 Å². The highest BCUT2D eigenvalue weighted by Gasteiger charge is 2.16. The minimum Gasteiger partial charge on any atom is -0.382 e. The molecular formula is C15H27N3O2. The highest BCUT2D eigenvalue weighted by atomic mass is 16.5. The zero-order valence-corrected chi connectivity index (χ0v) is 12.7. The van der Waals surface area contributed by atoms with E-state index in [-0.39, 0.29) is 0 Å². The van der Waals surface area contributed by atoms with Gasteiger partial charge in [0.1, 0.15) is 0 Å². The molecule has 0 aliphatic carbocycles. The molecule has 2 rings (SSSR count). The second-order valence-electron chi connectivity index (χ2n) is 5.42. The van der Waals surface area contributed by atoms with E-state index in [2.05, 4.69) is 21.1 Å². The summed E-state index contributed by atoms with van der Waals surface area (Å²) in [5, 5.41) is 3.41. The van der Waals surface area contributed by atoms with Crippen molar-refractivity contribution in [1.29, 1.82) is 0 Å². The largest absolute Gasteiger partial charge is 0.382 e. The first-order valence-corrected chi connectivity index (χ1v) is 7.72. The van der Waals surface area contributed by atoms with Crippen molar-refractivity contribution in [2.24, 2.45) is 5.92 Å². The first-order valence-electron chi connectivity index (χ1n) is 7.72. The molecule has 1 unspecified atom stereocenters. The Morgan fingerprint density at radius 1 is 1.55 bits per heavy atom. The summed E-state index contributed by atoms with van der Waals surface area (Å²) in [5.41, 5.74) is 1.06. The lowest BCUT2D eigenvalue weighted by atomic mass is 10.0. The number of imidazole rings is 1. The third kappa shape index (κ3) is 4.80. The predicted octanol–water partition coefficient (Wildman–Crippen LogP) is 2.46. The number of nitrogens with zero attached hydrogens (tertiary/aromatic N) is 2. The van der Waals surface area contributed by atoms with Gasteiger partial charge in [-0.3, -0.25) is 0 Å². The van der Waals surface area contributed by atoms with E-state index in [0.29, 0.717) is 5.92 Å². The molecular weight excluding hydrogens is 254 g/mol. The Labute approximate surface area is 121 Å². The van der Waals surface area contributed by atoms with Crippen molar-refractivity contribution < 1.29 is 9.47 Å². The van der Waals surface area contributed by atoms with E-state index in [1.807, 2.05) is 13.8 Å². The van der Waals surface area contributed by atoms with Gasteiger partial charge in [0, 0.05) is 45.0 Å². The zero-order chi connectivity index (χ0) is 14.2. The van der Waals surface area contributed by atoms with Crippen LogP contribution in [0.5, 0.6) is 0 Å². The summed E-state index contributed by atoms with van der Waals surface area (Å²) in [5.74, 6) is 1.59. The molecule has 2 heterocycles. The van der Waals surface area contributed by atoms with Crippen LogP contribution in [0.2, 0.25) is 0 Å². The Morgan fingerprint density at radius 2 is 2.45 bits per heavy atom. The van der Waals surface area contributed by atoms with Gasteiger partial charge in [0.25, 0.3) is 0 Å². The van der Waals surface area contributed by atoms with E-state index >= 15 is 0 Å². The Bertz CT molecular complexity index is 386. The molecule has 0 spiro atoms. The lowest BCUT2D eigenvalue weighted by molar-refractivity contribution is 0.0485. The fourth-order valence-electron chi connectivity index (χ4n) is 2.58. The van der Waals surface area contributed by atoms with Crippen molar-refractivity contribution in [2.75, 3.05) is 38.3 Å². The van der Waals surface area contributed by atoms with E-state index in [0.717, 1.165) is 57.6 Å². The third-order valence-electron chi connectivity index (χ3n) is 3.56. The molecule has 0 bridgehead atoms. The molecule has 5 nitrogen and oxygen atoms in total. The van der Waals surface area contributed by atoms with Crippen molar-refractivity contribution in [3.63, 3.8) is 0 Å². The van der Waals surface area contributed by atoms with Gasteiger partial charge < -0.3 is 19.4 Å². The average molecular weight is 281 g/mol. The fraction of sp³-hybridized carbons (Fsp3) is 0.800. The van der Waals surface area contributed by atoms with E-state index < -0.39 is 0 Å². The maximum Gasteiger partial charge on any atom is 0.203 e. The maximum absolute atomic E-state index is 5.56. The number of anilines is 1. The summed E-state index contributed by atoms with van der Waals surface area (Å²) in [7, 11) is 0. The monoisotopic (exact) mass is 281 g/mol. The van der Waals surface area contributed by atoms with E-state index in [9.17, 15) is 0 Å². The first kappa shape index (κ1) is 15.3. The van der Waals surface area contributed by atoms with Crippen LogP contribution < -0.4 is 5.32 Å². The Morgan fingerprint density at radius 3 is 3.20 bits per heavy atom. The Kier molecular flexibility index (Phi) is 6.33. The van der Waals surface area contributed by atoms with Crippen LogP contribution in [0.3, 0.4) is 0 Å². The Hall–Kier alpha value is -1.07. The van der Waals surface area contributed by atoms with Crippen molar-refractivity contribution in [2.45, 2.75) is 39.7 Å². The van der Waals surface area contributed by atoms with Crippen LogP contribution in [0, 0.1) is 12.8 Å². The number of hydrogen-bond acceptors (Lipinski definition) is 4. The summed E-state index contributed by atoms with van der Waals surface area (Å²) in [4.78, 5) is 4.56. The average Bonchev–Trinajstić information content (AvgIpc) is 2.80. The summed E-state index contributed by atoms with van der Waals surface area (Å²) >= 11 is 0. The van der Waals surface area contributed by atoms with Crippen molar-refractivity contribution in [3.05, 3.63) is 11.9 Å². The van der Waals surface area contributed by atoms with Crippen LogP contribution in [-0.2, 0) is 16.0 Å². The molecule has 1 saturated heterocycles. The van der Waals surface area contributed by atoms with Gasteiger partial charge in [0.15, 0.2) is 0 Å². The maximum atomic E-state index is 5.56. The minimum atomic E-state index is 0.612. The molecule has 0 radical (unpaired) electrons. The quantitative estimate of drug-likeness (QED) is 0.744. The summed E-state index contributed by atoms with van der Waals surface area (Å²) in [6, 6.07) is 0. The molecule has 1 aliphatic heterocycles. The molecule has 1 N–H and O–H groups in total. The normalized spacial score (nSPS) is 19.2. The van der Waals surface area contributed by atoms with Gasteiger partial charge in [-0.05, 0) is 33.1 Å². The number of nitrogens with one attached hydrogen (secondary N) is 1. The van der Waals surface area contributed by atoms with E-state index in [1.165, 1.54) is 12.8 Å². The van der Waals surface area contributed by atoms with Crippen LogP contribution in [-0.4, -0.2) is 42.5 Å². The van der Waals surface area contributed by atoms with E-state index in [4.69, 9.17) is 9.47 Å². The summed E-state index contributed by atoms with van der Waals surface area (Å²) < 4.78 is 13.1. The highest BCUT2D eigenvalue weighted by molar-refractivity contribution is 5.28. The molecule has 1 aromatic rings. The lowest BCUT2D eigenvalue weighted by Crippen LogP contribution is -2.22. The van der Waals surface area contributed by atoms with Crippen molar-refractivity contribution in [1.82, 2.24) is 9.55 Å². The standard InChI is InChI=1S/C15H27N3O2/c1-3-19-9-5-7-16-15-17-13(2)10-18(15)11-14-6-4-8-20-12-14/h10,14H,3-9,11-12H2,1-2H3,(H,16,17). The zero-order valence-electron chi connectivity index (χ0n) is 12.7. The van der Waals surface area contributed by atoms with Gasteiger partial charge in [-0.15, -0.1) is 0 Å². The Balaban J connectivity index is 1.81. The smallest absolute Gasteiger partial charge is 0.203 e. The highest BCUT2D eigenvalue weighted by Crippen LogP contribution is 2.18. The molecule has 1 fully saturated rings. The number of rotatable bonds is 8. The molecule has 5 heteroatoms. The third-order valence-corrected chi connectivity index (χ3v) is 3.56. The summed E-state index contributed by atoms with van der Waals surface area (Å²) in [6.07, 6.45) is 5.56. The number of aryl methyl sites for hydroxylation is 1. The fourth-order valence-corrected chi connectivity index (χ4v) is 2.58. The molecule has 0 amide bonds. The van der Waals surface area contributed by atoms with Gasteiger partial charge in [0.2, 0.25) is 5.95 Å². The van der Waals surface area contributed by atoms with Crippen LogP contribution in [0.1, 0.15) is 31.9 Å².